The van der Waals surface area contributed by atoms with Crippen LogP contribution in [0.4, 0.5) is 0 Å². The lowest BCUT2D eigenvalue weighted by Gasteiger charge is -2.05. The van der Waals surface area contributed by atoms with E-state index in [1.807, 2.05) is 6.92 Å². The van der Waals surface area contributed by atoms with Gasteiger partial charge in [-0.3, -0.25) is 4.79 Å². The largest absolute Gasteiger partial charge is 0.477 e. The van der Waals surface area contributed by atoms with E-state index >= 15 is 0 Å². The minimum Gasteiger partial charge on any atom is -0.477 e. The lowest BCUT2D eigenvalue weighted by atomic mass is 10.0. The number of aromatic carboxylic acids is 1. The monoisotopic (exact) mass is 313 g/mol. The molecule has 2 rings (SSSR count). The molecule has 1 aromatic heterocycles. The van der Waals surface area contributed by atoms with Crippen LogP contribution in [0, 0.1) is 0 Å². The number of hydrogen-bond donors (Lipinski definition) is 1. The third kappa shape index (κ3) is 2.19. The van der Waals surface area contributed by atoms with E-state index in [1.54, 1.807) is 19.2 Å². The highest BCUT2D eigenvalue weighted by Crippen LogP contribution is 2.37. The molecular formula is C14H13Cl2NO3. The molecule has 0 aliphatic carbocycles. The van der Waals surface area contributed by atoms with Gasteiger partial charge in [-0.25, -0.2) is 4.79 Å². The molecule has 1 heterocycles. The highest BCUT2D eigenvalue weighted by Gasteiger charge is 2.23. The molecule has 0 aliphatic rings. The maximum Gasteiger partial charge on any atom is 0.354 e. The molecule has 1 aromatic carbocycles. The smallest absolute Gasteiger partial charge is 0.354 e. The summed E-state index contributed by atoms with van der Waals surface area (Å²) < 4.78 is 1.46. The standard InChI is InChI=1S/C14H13Cl2NO3/c1-3-4-9(18)7-5-6-8-10(11(7)15)12(16)13(14(19)20)17(8)2/h5-6H,3-4H2,1-2H3,(H,19,20). The number of hydrogen-bond acceptors (Lipinski definition) is 2. The zero-order chi connectivity index (χ0) is 15.0. The Balaban J connectivity index is 2.77. The minimum atomic E-state index is -1.13. The molecule has 1 N–H and O–H groups in total. The summed E-state index contributed by atoms with van der Waals surface area (Å²) in [6, 6.07) is 3.28. The van der Waals surface area contributed by atoms with Crippen LogP contribution in [0.1, 0.15) is 40.6 Å². The number of rotatable bonds is 4. The van der Waals surface area contributed by atoms with Crippen LogP contribution in [-0.2, 0) is 7.05 Å². The molecule has 0 saturated carbocycles. The Labute approximate surface area is 125 Å². The Hall–Kier alpha value is -1.52. The number of Topliss-reactive ketones (excluding diaryl/α,β-unsaturated/α-hetero) is 1. The molecule has 106 valence electrons. The second kappa shape index (κ2) is 5.46. The molecule has 0 saturated heterocycles. The molecule has 6 heteroatoms. The fourth-order valence-corrected chi connectivity index (χ4v) is 3.06. The van der Waals surface area contributed by atoms with E-state index in [0.717, 1.165) is 6.42 Å². The van der Waals surface area contributed by atoms with Gasteiger partial charge < -0.3 is 9.67 Å². The van der Waals surface area contributed by atoms with E-state index in [0.29, 0.717) is 22.9 Å². The van der Waals surface area contributed by atoms with E-state index in [1.165, 1.54) is 4.57 Å². The summed E-state index contributed by atoms with van der Waals surface area (Å²) in [6.07, 6.45) is 1.11. The minimum absolute atomic E-state index is 0.0383. The number of aromatic nitrogens is 1. The normalized spacial score (nSPS) is 11.0. The highest BCUT2D eigenvalue weighted by atomic mass is 35.5. The van der Waals surface area contributed by atoms with Gasteiger partial charge in [0.25, 0.3) is 0 Å². The number of benzene rings is 1. The summed E-state index contributed by atoms with van der Waals surface area (Å²) in [4.78, 5) is 23.2. The van der Waals surface area contributed by atoms with Crippen molar-refractivity contribution in [1.82, 2.24) is 4.57 Å². The first-order chi connectivity index (χ1) is 9.40. The van der Waals surface area contributed by atoms with E-state index < -0.39 is 5.97 Å². The van der Waals surface area contributed by atoms with Gasteiger partial charge >= 0.3 is 5.97 Å². The molecule has 0 amide bonds. The SMILES string of the molecule is CCCC(=O)c1ccc2c(c1Cl)c(Cl)c(C(=O)O)n2C. The summed E-state index contributed by atoms with van der Waals surface area (Å²) in [6.45, 7) is 1.91. The molecule has 0 atom stereocenters. The Morgan fingerprint density at radius 1 is 1.25 bits per heavy atom. The van der Waals surface area contributed by atoms with Crippen molar-refractivity contribution in [2.24, 2.45) is 7.05 Å². The Morgan fingerprint density at radius 3 is 2.45 bits per heavy atom. The van der Waals surface area contributed by atoms with Crippen LogP contribution >= 0.6 is 23.2 Å². The van der Waals surface area contributed by atoms with Gasteiger partial charge in [-0.05, 0) is 18.6 Å². The Morgan fingerprint density at radius 2 is 1.90 bits per heavy atom. The molecule has 0 radical (unpaired) electrons. The zero-order valence-electron chi connectivity index (χ0n) is 11.0. The van der Waals surface area contributed by atoms with Gasteiger partial charge in [0.05, 0.1) is 15.6 Å². The number of carbonyl (C=O) groups excluding carboxylic acids is 1. The van der Waals surface area contributed by atoms with Crippen molar-refractivity contribution < 1.29 is 14.7 Å². The van der Waals surface area contributed by atoms with Crippen LogP contribution in [0.15, 0.2) is 12.1 Å². The first-order valence-electron chi connectivity index (χ1n) is 6.13. The third-order valence-electron chi connectivity index (χ3n) is 3.22. The number of halogens is 2. The maximum atomic E-state index is 12.0. The van der Waals surface area contributed by atoms with Crippen LogP contribution in [0.3, 0.4) is 0 Å². The second-order valence-electron chi connectivity index (χ2n) is 4.52. The van der Waals surface area contributed by atoms with E-state index in [9.17, 15) is 14.7 Å². The molecule has 0 unspecified atom stereocenters. The summed E-state index contributed by atoms with van der Waals surface area (Å²) in [5.74, 6) is -1.21. The number of ketones is 1. The number of carboxylic acids is 1. The summed E-state index contributed by atoms with van der Waals surface area (Å²) >= 11 is 12.4. The number of aryl methyl sites for hydroxylation is 1. The predicted octanol–water partition coefficient (Wildman–Crippen LogP) is 4.17. The molecule has 4 nitrogen and oxygen atoms in total. The van der Waals surface area contributed by atoms with Gasteiger partial charge in [0.1, 0.15) is 5.69 Å². The highest BCUT2D eigenvalue weighted by molar-refractivity contribution is 6.45. The van der Waals surface area contributed by atoms with Crippen LogP contribution in [0.25, 0.3) is 10.9 Å². The van der Waals surface area contributed by atoms with Gasteiger partial charge in [0.15, 0.2) is 5.78 Å². The van der Waals surface area contributed by atoms with Crippen molar-refractivity contribution in [3.63, 3.8) is 0 Å². The fraction of sp³-hybridized carbons (Fsp3) is 0.286. The quantitative estimate of drug-likeness (QED) is 0.862. The van der Waals surface area contributed by atoms with Crippen LogP contribution in [0.5, 0.6) is 0 Å². The fourth-order valence-electron chi connectivity index (χ4n) is 2.25. The van der Waals surface area contributed by atoms with Gasteiger partial charge in [-0.2, -0.15) is 0 Å². The Bertz CT molecular complexity index is 719. The predicted molar refractivity (Wildman–Crippen MR) is 79.1 cm³/mol. The van der Waals surface area contributed by atoms with Crippen molar-refractivity contribution >= 4 is 45.9 Å². The van der Waals surface area contributed by atoms with Crippen molar-refractivity contribution in [1.29, 1.82) is 0 Å². The number of carbonyl (C=O) groups is 2. The average Bonchev–Trinajstić information content (AvgIpc) is 2.62. The molecule has 0 bridgehead atoms. The van der Waals surface area contributed by atoms with Crippen molar-refractivity contribution in [3.8, 4) is 0 Å². The number of carboxylic acid groups (broad SMARTS) is 1. The lowest BCUT2D eigenvalue weighted by molar-refractivity contribution is 0.0687. The first kappa shape index (κ1) is 14.9. The van der Waals surface area contributed by atoms with Crippen molar-refractivity contribution in [2.45, 2.75) is 19.8 Å². The van der Waals surface area contributed by atoms with Gasteiger partial charge in [0.2, 0.25) is 0 Å². The van der Waals surface area contributed by atoms with Crippen LogP contribution < -0.4 is 0 Å². The second-order valence-corrected chi connectivity index (χ2v) is 5.28. The van der Waals surface area contributed by atoms with Gasteiger partial charge in [0, 0.05) is 24.4 Å². The Kier molecular flexibility index (Phi) is 4.06. The van der Waals surface area contributed by atoms with E-state index in [-0.39, 0.29) is 21.5 Å². The van der Waals surface area contributed by atoms with Crippen LogP contribution in [-0.4, -0.2) is 21.4 Å². The van der Waals surface area contributed by atoms with E-state index in [4.69, 9.17) is 23.2 Å². The first-order valence-corrected chi connectivity index (χ1v) is 6.88. The summed E-state index contributed by atoms with van der Waals surface area (Å²) in [7, 11) is 1.60. The maximum absolute atomic E-state index is 12.0. The molecule has 2 aromatic rings. The summed E-state index contributed by atoms with van der Waals surface area (Å²) in [5.41, 5.74) is 0.930. The van der Waals surface area contributed by atoms with Gasteiger partial charge in [-0.15, -0.1) is 0 Å². The number of nitrogens with zero attached hydrogens (tertiary/aromatic N) is 1. The zero-order valence-corrected chi connectivity index (χ0v) is 12.5. The number of fused-ring (bicyclic) bond motifs is 1. The summed E-state index contributed by atoms with van der Waals surface area (Å²) in [5, 5.41) is 9.88. The molecular weight excluding hydrogens is 301 g/mol. The molecule has 0 aliphatic heterocycles. The van der Waals surface area contributed by atoms with Crippen LogP contribution in [0.2, 0.25) is 10.0 Å². The third-order valence-corrected chi connectivity index (χ3v) is 3.98. The van der Waals surface area contributed by atoms with Gasteiger partial charge in [-0.1, -0.05) is 30.1 Å². The molecule has 0 spiro atoms. The molecule has 0 fully saturated rings. The van der Waals surface area contributed by atoms with Crippen molar-refractivity contribution in [2.75, 3.05) is 0 Å². The van der Waals surface area contributed by atoms with Crippen molar-refractivity contribution in [3.05, 3.63) is 33.4 Å². The molecule has 20 heavy (non-hydrogen) atoms. The topological polar surface area (TPSA) is 59.3 Å². The lowest BCUT2D eigenvalue weighted by Crippen LogP contribution is -2.04. The van der Waals surface area contributed by atoms with E-state index in [2.05, 4.69) is 0 Å². The average molecular weight is 314 g/mol.